The van der Waals surface area contributed by atoms with Gasteiger partial charge in [-0.3, -0.25) is 9.78 Å². The molecule has 0 aromatic carbocycles. The summed E-state index contributed by atoms with van der Waals surface area (Å²) in [5.74, 6) is -0.880. The molecule has 0 fully saturated rings. The number of Topliss-reactive ketones (excluding diaryl/α,β-unsaturated/α-hetero) is 1. The zero-order valence-corrected chi connectivity index (χ0v) is 7.91. The van der Waals surface area contributed by atoms with Crippen molar-refractivity contribution in [3.05, 3.63) is 30.1 Å². The maximum Gasteiger partial charge on any atom is 0.179 e. The van der Waals surface area contributed by atoms with E-state index in [2.05, 4.69) is 4.98 Å². The normalized spacial score (nSPS) is 11.2. The summed E-state index contributed by atoms with van der Waals surface area (Å²) in [6.07, 6.45) is 3.91. The quantitative estimate of drug-likeness (QED) is 0.657. The van der Waals surface area contributed by atoms with Crippen LogP contribution in [0.1, 0.15) is 10.4 Å². The lowest BCUT2D eigenvalue weighted by Crippen LogP contribution is -2.14. The minimum absolute atomic E-state index is 0.327. The first-order valence-corrected chi connectivity index (χ1v) is 5.66. The number of aromatic nitrogens is 1. The van der Waals surface area contributed by atoms with Crippen LogP contribution < -0.4 is 0 Å². The van der Waals surface area contributed by atoms with Gasteiger partial charge in [0.15, 0.2) is 15.6 Å². The summed E-state index contributed by atoms with van der Waals surface area (Å²) in [6, 6.07) is 3.13. The molecule has 0 amide bonds. The fourth-order valence-corrected chi connectivity index (χ4v) is 1.49. The van der Waals surface area contributed by atoms with Gasteiger partial charge in [0.25, 0.3) is 0 Å². The molecule has 13 heavy (non-hydrogen) atoms. The second kappa shape index (κ2) is 3.66. The Bertz CT molecular complexity index is 397. The maximum atomic E-state index is 11.2. The van der Waals surface area contributed by atoms with Gasteiger partial charge in [-0.1, -0.05) is 0 Å². The standard InChI is InChI=1S/C8H9NO3S/c1-13(11,12)6-8(10)7-3-2-4-9-5-7/h2-5H,6H2,1H3. The van der Waals surface area contributed by atoms with Crippen LogP contribution in [-0.2, 0) is 9.84 Å². The molecule has 0 aliphatic heterocycles. The third kappa shape index (κ3) is 3.33. The van der Waals surface area contributed by atoms with Gasteiger partial charge in [-0.2, -0.15) is 0 Å². The summed E-state index contributed by atoms with van der Waals surface area (Å²) >= 11 is 0. The van der Waals surface area contributed by atoms with Gasteiger partial charge in [0.2, 0.25) is 0 Å². The summed E-state index contributed by atoms with van der Waals surface area (Å²) in [5, 5.41) is 0. The van der Waals surface area contributed by atoms with Crippen molar-refractivity contribution in [3.63, 3.8) is 0 Å². The van der Waals surface area contributed by atoms with E-state index in [1.807, 2.05) is 0 Å². The minimum atomic E-state index is -3.25. The Balaban J connectivity index is 2.82. The van der Waals surface area contributed by atoms with E-state index in [0.717, 1.165) is 6.26 Å². The zero-order valence-electron chi connectivity index (χ0n) is 7.10. The van der Waals surface area contributed by atoms with Crippen LogP contribution in [0, 0.1) is 0 Å². The molecule has 0 saturated carbocycles. The molecule has 70 valence electrons. The topological polar surface area (TPSA) is 64.1 Å². The molecule has 0 saturated heterocycles. The van der Waals surface area contributed by atoms with Crippen molar-refractivity contribution in [2.75, 3.05) is 12.0 Å². The first-order valence-electron chi connectivity index (χ1n) is 3.60. The van der Waals surface area contributed by atoms with E-state index in [1.165, 1.54) is 12.4 Å². The Morgan fingerprint density at radius 2 is 2.23 bits per heavy atom. The number of sulfone groups is 1. The Morgan fingerprint density at radius 1 is 1.54 bits per heavy atom. The molecular weight excluding hydrogens is 190 g/mol. The summed E-state index contributed by atoms with van der Waals surface area (Å²) in [5.41, 5.74) is 0.327. The van der Waals surface area contributed by atoms with Gasteiger partial charge in [0, 0.05) is 24.2 Å². The second-order valence-corrected chi connectivity index (χ2v) is 4.88. The van der Waals surface area contributed by atoms with E-state index >= 15 is 0 Å². The SMILES string of the molecule is CS(=O)(=O)CC(=O)c1cccnc1. The van der Waals surface area contributed by atoms with Crippen LogP contribution in [0.15, 0.2) is 24.5 Å². The number of nitrogens with zero attached hydrogens (tertiary/aromatic N) is 1. The van der Waals surface area contributed by atoms with Crippen LogP contribution in [0.4, 0.5) is 0 Å². The van der Waals surface area contributed by atoms with E-state index in [-0.39, 0.29) is 0 Å². The molecular formula is C8H9NO3S. The fraction of sp³-hybridized carbons (Fsp3) is 0.250. The lowest BCUT2D eigenvalue weighted by molar-refractivity contribution is 0.102. The van der Waals surface area contributed by atoms with Crippen LogP contribution in [0.2, 0.25) is 0 Å². The molecule has 1 aromatic rings. The van der Waals surface area contributed by atoms with Crippen molar-refractivity contribution in [2.24, 2.45) is 0 Å². The van der Waals surface area contributed by atoms with Crippen LogP contribution in [0.25, 0.3) is 0 Å². The maximum absolute atomic E-state index is 11.2. The number of rotatable bonds is 3. The summed E-state index contributed by atoms with van der Waals surface area (Å²) in [7, 11) is -3.25. The van der Waals surface area contributed by atoms with Gasteiger partial charge in [-0.25, -0.2) is 8.42 Å². The van der Waals surface area contributed by atoms with Crippen molar-refractivity contribution in [2.45, 2.75) is 0 Å². The summed E-state index contributed by atoms with van der Waals surface area (Å²) < 4.78 is 21.5. The third-order valence-electron chi connectivity index (χ3n) is 1.38. The number of carbonyl (C=O) groups is 1. The Morgan fingerprint density at radius 3 is 2.69 bits per heavy atom. The highest BCUT2D eigenvalue weighted by Gasteiger charge is 2.12. The smallest absolute Gasteiger partial charge is 0.179 e. The Labute approximate surface area is 76.5 Å². The van der Waals surface area contributed by atoms with E-state index in [1.54, 1.807) is 12.1 Å². The average molecular weight is 199 g/mol. The fourth-order valence-electron chi connectivity index (χ4n) is 0.849. The van der Waals surface area contributed by atoms with Gasteiger partial charge < -0.3 is 0 Å². The van der Waals surface area contributed by atoms with Gasteiger partial charge >= 0.3 is 0 Å². The van der Waals surface area contributed by atoms with E-state index < -0.39 is 21.4 Å². The zero-order chi connectivity index (χ0) is 9.90. The largest absolute Gasteiger partial charge is 0.293 e. The third-order valence-corrected chi connectivity index (χ3v) is 2.16. The highest BCUT2D eigenvalue weighted by atomic mass is 32.2. The molecule has 4 nitrogen and oxygen atoms in total. The number of ketones is 1. The van der Waals surface area contributed by atoms with Crippen molar-refractivity contribution in [1.29, 1.82) is 0 Å². The van der Waals surface area contributed by atoms with Gasteiger partial charge in [-0.15, -0.1) is 0 Å². The highest BCUT2D eigenvalue weighted by molar-refractivity contribution is 7.91. The molecule has 0 unspecified atom stereocenters. The number of pyridine rings is 1. The molecule has 0 bridgehead atoms. The van der Waals surface area contributed by atoms with Crippen molar-refractivity contribution in [3.8, 4) is 0 Å². The van der Waals surface area contributed by atoms with Gasteiger partial charge in [0.05, 0.1) is 0 Å². The highest BCUT2D eigenvalue weighted by Crippen LogP contribution is 1.99. The number of hydrogen-bond donors (Lipinski definition) is 0. The van der Waals surface area contributed by atoms with Crippen LogP contribution in [-0.4, -0.2) is 31.2 Å². The van der Waals surface area contributed by atoms with Crippen LogP contribution in [0.5, 0.6) is 0 Å². The van der Waals surface area contributed by atoms with Crippen molar-refractivity contribution < 1.29 is 13.2 Å². The predicted octanol–water partition coefficient (Wildman–Crippen LogP) is 0.309. The van der Waals surface area contributed by atoms with E-state index in [4.69, 9.17) is 0 Å². The Hall–Kier alpha value is -1.23. The Kier molecular flexibility index (Phi) is 2.77. The minimum Gasteiger partial charge on any atom is -0.293 e. The van der Waals surface area contributed by atoms with Gasteiger partial charge in [0.1, 0.15) is 5.75 Å². The van der Waals surface area contributed by atoms with E-state index in [0.29, 0.717) is 5.56 Å². The molecule has 5 heteroatoms. The molecule has 0 atom stereocenters. The van der Waals surface area contributed by atoms with Crippen molar-refractivity contribution in [1.82, 2.24) is 4.98 Å². The molecule has 0 spiro atoms. The summed E-state index contributed by atoms with van der Waals surface area (Å²) in [4.78, 5) is 15.0. The lowest BCUT2D eigenvalue weighted by Gasteiger charge is -1.97. The number of hydrogen-bond acceptors (Lipinski definition) is 4. The van der Waals surface area contributed by atoms with Crippen LogP contribution >= 0.6 is 0 Å². The molecule has 0 radical (unpaired) electrons. The number of carbonyl (C=O) groups excluding carboxylic acids is 1. The second-order valence-electron chi connectivity index (χ2n) is 2.73. The lowest BCUT2D eigenvalue weighted by atomic mass is 10.2. The monoisotopic (exact) mass is 199 g/mol. The molecule has 0 N–H and O–H groups in total. The molecule has 0 aliphatic rings. The molecule has 0 aliphatic carbocycles. The predicted molar refractivity (Wildman–Crippen MR) is 48.3 cm³/mol. The first kappa shape index (κ1) is 9.85. The average Bonchev–Trinajstić information content (AvgIpc) is 2.03. The molecule has 1 aromatic heterocycles. The van der Waals surface area contributed by atoms with E-state index in [9.17, 15) is 13.2 Å². The summed E-state index contributed by atoms with van der Waals surface area (Å²) in [6.45, 7) is 0. The molecule has 1 heterocycles. The first-order chi connectivity index (χ1) is 5.99. The van der Waals surface area contributed by atoms with Crippen molar-refractivity contribution >= 4 is 15.6 Å². The molecule has 1 rings (SSSR count). The van der Waals surface area contributed by atoms with Crippen LogP contribution in [0.3, 0.4) is 0 Å². The van der Waals surface area contributed by atoms with Gasteiger partial charge in [-0.05, 0) is 12.1 Å².